The molecule has 0 aliphatic heterocycles. The average Bonchev–Trinajstić information content (AvgIpc) is 3.03. The van der Waals surface area contributed by atoms with Gasteiger partial charge >= 0.3 is 266 Å². The Hall–Kier alpha value is -0.563. The normalized spacial score (nSPS) is 11.9. The van der Waals surface area contributed by atoms with Crippen LogP contribution in [0.4, 0.5) is 0 Å². The number of rotatable bonds is 17. The van der Waals surface area contributed by atoms with Crippen LogP contribution in [-0.4, -0.2) is 32.3 Å². The Morgan fingerprint density at radius 2 is 0.500 bits per heavy atom. The Morgan fingerprint density at radius 1 is 0.300 bits per heavy atom. The number of halogens is 2. The molecule has 0 atom stereocenters. The molecule has 0 N–H and O–H groups in total. The van der Waals surface area contributed by atoms with Crippen molar-refractivity contribution in [3.8, 4) is 0 Å². The fraction of sp³-hybridized carbons (Fsp3) is 0.333. The summed E-state index contributed by atoms with van der Waals surface area (Å²) < 4.78 is 8.95. The summed E-state index contributed by atoms with van der Waals surface area (Å²) in [6.07, 6.45) is 13.8. The summed E-state index contributed by atoms with van der Waals surface area (Å²) in [6, 6.07) is 45.0. The van der Waals surface area contributed by atoms with Crippen molar-refractivity contribution in [2.75, 3.05) is 0 Å². The van der Waals surface area contributed by atoms with Gasteiger partial charge < -0.3 is 0 Å². The second kappa shape index (κ2) is 17.5. The summed E-state index contributed by atoms with van der Waals surface area (Å²) in [5, 5.41) is 0. The Bertz CT molecular complexity index is 1040. The summed E-state index contributed by atoms with van der Waals surface area (Å²) in [6.45, 7) is 0. The van der Waals surface area contributed by atoms with E-state index < -0.39 is 32.3 Å². The second-order valence-corrected chi connectivity index (χ2v) is 47.9. The van der Waals surface area contributed by atoms with Gasteiger partial charge in [-0.05, 0) is 0 Å². The van der Waals surface area contributed by atoms with Crippen LogP contribution < -0.4 is 14.3 Å². The van der Waals surface area contributed by atoms with Crippen LogP contribution in [0.5, 0.6) is 0 Å². The number of hydrogen-bond donors (Lipinski definition) is 0. The molecule has 40 heavy (non-hydrogen) atoms. The quantitative estimate of drug-likeness (QED) is 0.0734. The minimum atomic E-state index is -2.74. The van der Waals surface area contributed by atoms with Crippen LogP contribution >= 0.6 is 25.4 Å². The van der Waals surface area contributed by atoms with Crippen molar-refractivity contribution < 1.29 is 0 Å². The van der Waals surface area contributed by atoms with Gasteiger partial charge in [-0.1, -0.05) is 0 Å². The van der Waals surface area contributed by atoms with Crippen molar-refractivity contribution in [1.82, 2.24) is 0 Å². The SMILES string of the molecule is [Br][Sn]([CH2]CCCCCCCCCC[CH2][Sn]([Br])([c]1ccccc1)[c]1ccccc1)([c]1ccccc1)[c]1ccccc1. The Balaban J connectivity index is 1.11. The molecule has 4 aromatic rings. The fourth-order valence-corrected chi connectivity index (χ4v) is 34.4. The van der Waals surface area contributed by atoms with E-state index in [1.807, 2.05) is 0 Å². The molecule has 0 radical (unpaired) electrons. The first-order valence-corrected chi connectivity index (χ1v) is 37.8. The summed E-state index contributed by atoms with van der Waals surface area (Å²) in [4.78, 5) is 0. The molecule has 0 unspecified atom stereocenters. The molecule has 0 aromatic heterocycles. The topological polar surface area (TPSA) is 0 Å². The molecule has 0 saturated carbocycles. The third-order valence-electron chi connectivity index (χ3n) is 8.22. The van der Waals surface area contributed by atoms with Gasteiger partial charge in [0, 0.05) is 0 Å². The summed E-state index contributed by atoms with van der Waals surface area (Å²) in [5.74, 6) is 0. The molecule has 4 aromatic carbocycles. The summed E-state index contributed by atoms with van der Waals surface area (Å²) in [7, 11) is 0. The van der Waals surface area contributed by atoms with Crippen LogP contribution in [0.1, 0.15) is 64.2 Å². The van der Waals surface area contributed by atoms with Crippen LogP contribution in [0.25, 0.3) is 0 Å². The van der Waals surface area contributed by atoms with Gasteiger partial charge in [0.15, 0.2) is 0 Å². The zero-order valence-electron chi connectivity index (χ0n) is 23.8. The third-order valence-corrected chi connectivity index (χ3v) is 46.0. The molecule has 4 heteroatoms. The van der Waals surface area contributed by atoms with Gasteiger partial charge in [-0.25, -0.2) is 0 Å². The van der Waals surface area contributed by atoms with Crippen LogP contribution in [0.3, 0.4) is 0 Å². The maximum atomic E-state index is 4.38. The van der Waals surface area contributed by atoms with Crippen molar-refractivity contribution in [1.29, 1.82) is 0 Å². The molecule has 0 fully saturated rings. The first-order valence-electron chi connectivity index (χ1n) is 15.2. The Morgan fingerprint density at radius 3 is 0.725 bits per heavy atom. The molecule has 0 spiro atoms. The molecule has 0 heterocycles. The predicted octanol–water partition coefficient (Wildman–Crippen LogP) is 9.20. The van der Waals surface area contributed by atoms with E-state index in [9.17, 15) is 0 Å². The monoisotopic (exact) mass is 874 g/mol. The molecule has 0 aliphatic rings. The molecule has 4 rings (SSSR count). The summed E-state index contributed by atoms with van der Waals surface area (Å²) >= 11 is 3.28. The standard InChI is InChI=1S/C12H24.4C6H5.2BrH.2Sn/c1-3-5-7-9-11-12-10-8-6-4-2;4*1-2-4-6-5-3-1;;;;/h1-12H2;4*1-5H;2*1H;;/q;;;;;;;2*+1/p-2. The first-order chi connectivity index (χ1) is 19.6. The molecule has 0 nitrogen and oxygen atoms in total. The van der Waals surface area contributed by atoms with E-state index in [1.54, 1.807) is 14.3 Å². The predicted molar refractivity (Wildman–Crippen MR) is 189 cm³/mol. The van der Waals surface area contributed by atoms with Gasteiger partial charge in [0.1, 0.15) is 0 Å². The molecule has 0 amide bonds. The van der Waals surface area contributed by atoms with Crippen molar-refractivity contribution in [3.05, 3.63) is 121 Å². The van der Waals surface area contributed by atoms with Gasteiger partial charge in [-0.3, -0.25) is 0 Å². The van der Waals surface area contributed by atoms with E-state index in [2.05, 4.69) is 147 Å². The fourth-order valence-electron chi connectivity index (χ4n) is 5.87. The number of unbranched alkanes of at least 4 members (excludes halogenated alkanes) is 9. The van der Waals surface area contributed by atoms with Gasteiger partial charge in [0.05, 0.1) is 0 Å². The number of hydrogen-bond acceptors (Lipinski definition) is 0. The van der Waals surface area contributed by atoms with Crippen molar-refractivity contribution in [2.24, 2.45) is 0 Å². The van der Waals surface area contributed by atoms with E-state index in [0.717, 1.165) is 0 Å². The van der Waals surface area contributed by atoms with E-state index in [1.165, 1.54) is 73.1 Å². The van der Waals surface area contributed by atoms with Crippen molar-refractivity contribution >= 4 is 72.0 Å². The number of benzene rings is 4. The van der Waals surface area contributed by atoms with Gasteiger partial charge in [-0.2, -0.15) is 0 Å². The molecule has 0 saturated heterocycles. The molecule has 0 aliphatic carbocycles. The van der Waals surface area contributed by atoms with Crippen molar-refractivity contribution in [2.45, 2.75) is 73.1 Å². The zero-order chi connectivity index (χ0) is 27.9. The van der Waals surface area contributed by atoms with Gasteiger partial charge in [0.25, 0.3) is 0 Å². The second-order valence-electron chi connectivity index (χ2n) is 11.1. The Kier molecular flexibility index (Phi) is 14.2. The minimum absolute atomic E-state index is 1.34. The van der Waals surface area contributed by atoms with Crippen LogP contribution in [-0.2, 0) is 0 Å². The van der Waals surface area contributed by atoms with E-state index >= 15 is 0 Å². The Labute approximate surface area is 263 Å². The average molecular weight is 874 g/mol. The van der Waals surface area contributed by atoms with E-state index in [4.69, 9.17) is 0 Å². The maximum absolute atomic E-state index is 4.38. The van der Waals surface area contributed by atoms with E-state index in [-0.39, 0.29) is 0 Å². The van der Waals surface area contributed by atoms with Crippen LogP contribution in [0.2, 0.25) is 8.87 Å². The molecular weight excluding hydrogens is 830 g/mol. The molecule has 0 bridgehead atoms. The third kappa shape index (κ3) is 9.47. The zero-order valence-corrected chi connectivity index (χ0v) is 32.7. The van der Waals surface area contributed by atoms with Crippen molar-refractivity contribution in [3.63, 3.8) is 0 Å². The van der Waals surface area contributed by atoms with Gasteiger partial charge in [-0.15, -0.1) is 0 Å². The molecular formula is C36H44Br2Sn2. The first kappa shape index (κ1) is 32.4. The van der Waals surface area contributed by atoms with Gasteiger partial charge in [0.2, 0.25) is 0 Å². The summed E-state index contributed by atoms with van der Waals surface area (Å²) in [5.41, 5.74) is 0. The van der Waals surface area contributed by atoms with Crippen LogP contribution in [0, 0.1) is 0 Å². The molecule has 210 valence electrons. The van der Waals surface area contributed by atoms with Crippen LogP contribution in [0.15, 0.2) is 121 Å². The van der Waals surface area contributed by atoms with E-state index in [0.29, 0.717) is 0 Å².